The van der Waals surface area contributed by atoms with Crippen LogP contribution in [0.2, 0.25) is 0 Å². The molecule has 3 heterocycles. The minimum atomic E-state index is -0.0553. The van der Waals surface area contributed by atoms with Crippen molar-refractivity contribution in [1.82, 2.24) is 10.2 Å². The van der Waals surface area contributed by atoms with Gasteiger partial charge in [0.15, 0.2) is 11.5 Å². The van der Waals surface area contributed by atoms with E-state index in [1.54, 1.807) is 0 Å². The van der Waals surface area contributed by atoms with Crippen LogP contribution < -0.4 is 9.80 Å². The molecule has 2 aliphatic rings. The Morgan fingerprint density at radius 2 is 1.83 bits per heavy atom. The number of amides is 1. The molecule has 1 amide bonds. The Morgan fingerprint density at radius 1 is 1.00 bits per heavy atom. The van der Waals surface area contributed by atoms with Gasteiger partial charge in [0.05, 0.1) is 0 Å². The Balaban J connectivity index is 1.58. The minimum Gasteiger partial charge on any atom is -0.355 e. The fraction of sp³-hybridized carbons (Fsp3) is 0.421. The first-order valence-electron chi connectivity index (χ1n) is 8.72. The number of benzene rings is 1. The number of rotatable bonds is 2. The highest BCUT2D eigenvalue weighted by atomic mass is 16.2. The number of aromatic nitrogens is 2. The lowest BCUT2D eigenvalue weighted by atomic mass is 9.99. The Labute approximate surface area is 142 Å². The summed E-state index contributed by atoms with van der Waals surface area (Å²) < 4.78 is 0. The first-order chi connectivity index (χ1) is 11.7. The van der Waals surface area contributed by atoms with Crippen LogP contribution in [0.5, 0.6) is 0 Å². The minimum absolute atomic E-state index is 0.0553. The highest BCUT2D eigenvalue weighted by Crippen LogP contribution is 2.29. The van der Waals surface area contributed by atoms with Gasteiger partial charge in [-0.15, -0.1) is 10.2 Å². The summed E-state index contributed by atoms with van der Waals surface area (Å²) in [4.78, 5) is 17.0. The maximum absolute atomic E-state index is 12.9. The Hall–Kier alpha value is -2.43. The van der Waals surface area contributed by atoms with Gasteiger partial charge in [0, 0.05) is 25.3 Å². The molecule has 0 bridgehead atoms. The number of carbonyl (C=O) groups excluding carboxylic acids is 1. The normalized spacial score (nSPS) is 17.0. The summed E-state index contributed by atoms with van der Waals surface area (Å²) in [6.07, 6.45) is 4.42. The van der Waals surface area contributed by atoms with Gasteiger partial charge in [-0.25, -0.2) is 0 Å². The quantitative estimate of drug-likeness (QED) is 0.853. The van der Waals surface area contributed by atoms with E-state index in [1.807, 2.05) is 23.1 Å². The third-order valence-corrected chi connectivity index (χ3v) is 4.90. The van der Waals surface area contributed by atoms with Crippen molar-refractivity contribution >= 4 is 17.4 Å². The van der Waals surface area contributed by atoms with Gasteiger partial charge in [0.1, 0.15) is 0 Å². The smallest absolute Gasteiger partial charge is 0.278 e. The first-order valence-corrected chi connectivity index (χ1v) is 8.72. The molecule has 124 valence electrons. The van der Waals surface area contributed by atoms with Crippen molar-refractivity contribution in [3.8, 4) is 0 Å². The molecule has 1 fully saturated rings. The number of fused-ring (bicyclic) bond motifs is 1. The molecule has 24 heavy (non-hydrogen) atoms. The third-order valence-electron chi connectivity index (χ3n) is 4.90. The number of aryl methyl sites for hydroxylation is 2. The standard InChI is InChI=1S/C19H22N4O/c1-14-6-8-17-15(13-14)5-4-12-23(17)19(24)16-7-9-18(21-20-16)22-10-2-3-11-22/h6-9,13H,2-5,10-12H2,1H3. The maximum atomic E-state index is 12.9. The molecule has 4 rings (SSSR count). The van der Waals surface area contributed by atoms with E-state index in [-0.39, 0.29) is 5.91 Å². The number of hydrogen-bond donors (Lipinski definition) is 0. The van der Waals surface area contributed by atoms with Crippen LogP contribution in [0.1, 0.15) is 40.9 Å². The van der Waals surface area contributed by atoms with Gasteiger partial charge in [0.25, 0.3) is 5.91 Å². The van der Waals surface area contributed by atoms with Crippen molar-refractivity contribution < 1.29 is 4.79 Å². The van der Waals surface area contributed by atoms with E-state index in [9.17, 15) is 4.79 Å². The largest absolute Gasteiger partial charge is 0.355 e. The van der Waals surface area contributed by atoms with Gasteiger partial charge in [-0.05, 0) is 56.4 Å². The Morgan fingerprint density at radius 3 is 2.58 bits per heavy atom. The molecule has 2 aliphatic heterocycles. The molecular weight excluding hydrogens is 300 g/mol. The van der Waals surface area contributed by atoms with Crippen LogP contribution in [0.15, 0.2) is 30.3 Å². The SMILES string of the molecule is Cc1ccc2c(c1)CCCN2C(=O)c1ccc(N2CCCC2)nn1. The molecule has 1 aromatic heterocycles. The lowest BCUT2D eigenvalue weighted by Gasteiger charge is -2.29. The molecule has 1 saturated heterocycles. The summed E-state index contributed by atoms with van der Waals surface area (Å²) in [6, 6.07) is 10.0. The molecule has 5 nitrogen and oxygen atoms in total. The van der Waals surface area contributed by atoms with Crippen LogP contribution >= 0.6 is 0 Å². The Kier molecular flexibility index (Phi) is 3.92. The fourth-order valence-electron chi connectivity index (χ4n) is 3.63. The summed E-state index contributed by atoms with van der Waals surface area (Å²) in [5, 5.41) is 8.48. The summed E-state index contributed by atoms with van der Waals surface area (Å²) in [7, 11) is 0. The monoisotopic (exact) mass is 322 g/mol. The average molecular weight is 322 g/mol. The average Bonchev–Trinajstić information content (AvgIpc) is 3.15. The predicted molar refractivity (Wildman–Crippen MR) is 94.7 cm³/mol. The third kappa shape index (κ3) is 2.75. The van der Waals surface area contributed by atoms with Gasteiger partial charge >= 0.3 is 0 Å². The molecule has 5 heteroatoms. The zero-order valence-electron chi connectivity index (χ0n) is 14.0. The van der Waals surface area contributed by atoms with Crippen molar-refractivity contribution in [2.45, 2.75) is 32.6 Å². The fourth-order valence-corrected chi connectivity index (χ4v) is 3.63. The molecule has 0 aliphatic carbocycles. The maximum Gasteiger partial charge on any atom is 0.278 e. The predicted octanol–water partition coefficient (Wildman–Crippen LogP) is 2.98. The van der Waals surface area contributed by atoms with E-state index < -0.39 is 0 Å². The first kappa shape index (κ1) is 15.1. The number of nitrogens with zero attached hydrogens (tertiary/aromatic N) is 4. The van der Waals surface area contributed by atoms with Crippen LogP contribution in [0, 0.1) is 6.92 Å². The van der Waals surface area contributed by atoms with Crippen molar-refractivity contribution in [3.63, 3.8) is 0 Å². The topological polar surface area (TPSA) is 49.3 Å². The second-order valence-corrected chi connectivity index (χ2v) is 6.66. The van der Waals surface area contributed by atoms with Crippen LogP contribution in [-0.4, -0.2) is 35.7 Å². The van der Waals surface area contributed by atoms with E-state index in [0.29, 0.717) is 5.69 Å². The van der Waals surface area contributed by atoms with Gasteiger partial charge in [0.2, 0.25) is 0 Å². The van der Waals surface area contributed by atoms with Gasteiger partial charge in [-0.2, -0.15) is 0 Å². The van der Waals surface area contributed by atoms with Gasteiger partial charge in [-0.1, -0.05) is 17.7 Å². The van der Waals surface area contributed by atoms with Crippen molar-refractivity contribution in [2.24, 2.45) is 0 Å². The summed E-state index contributed by atoms with van der Waals surface area (Å²) in [6.45, 7) is 4.88. The van der Waals surface area contributed by atoms with Crippen molar-refractivity contribution in [3.05, 3.63) is 47.2 Å². The van der Waals surface area contributed by atoms with E-state index in [0.717, 1.165) is 44.0 Å². The lowest BCUT2D eigenvalue weighted by Crippen LogP contribution is -2.36. The van der Waals surface area contributed by atoms with E-state index in [1.165, 1.54) is 24.0 Å². The van der Waals surface area contributed by atoms with Gasteiger partial charge < -0.3 is 9.80 Å². The summed E-state index contributed by atoms with van der Waals surface area (Å²) in [5.41, 5.74) is 3.92. The molecule has 0 unspecified atom stereocenters. The number of anilines is 2. The van der Waals surface area contributed by atoms with Crippen LogP contribution in [0.4, 0.5) is 11.5 Å². The van der Waals surface area contributed by atoms with Crippen LogP contribution in [0.3, 0.4) is 0 Å². The Bertz CT molecular complexity index is 750. The van der Waals surface area contributed by atoms with Crippen molar-refractivity contribution in [2.75, 3.05) is 29.4 Å². The molecule has 0 N–H and O–H groups in total. The lowest BCUT2D eigenvalue weighted by molar-refractivity contribution is 0.0979. The van der Waals surface area contributed by atoms with E-state index >= 15 is 0 Å². The molecular formula is C19H22N4O. The highest BCUT2D eigenvalue weighted by Gasteiger charge is 2.25. The van der Waals surface area contributed by atoms with E-state index in [2.05, 4.69) is 34.2 Å². The highest BCUT2D eigenvalue weighted by molar-refractivity contribution is 6.05. The number of hydrogen-bond acceptors (Lipinski definition) is 4. The van der Waals surface area contributed by atoms with Crippen molar-refractivity contribution in [1.29, 1.82) is 0 Å². The van der Waals surface area contributed by atoms with Crippen LogP contribution in [-0.2, 0) is 6.42 Å². The molecule has 0 saturated carbocycles. The molecule has 0 atom stereocenters. The number of carbonyl (C=O) groups is 1. The zero-order valence-corrected chi connectivity index (χ0v) is 14.0. The summed E-state index contributed by atoms with van der Waals surface area (Å²) in [5.74, 6) is 0.819. The zero-order chi connectivity index (χ0) is 16.5. The second-order valence-electron chi connectivity index (χ2n) is 6.66. The second kappa shape index (κ2) is 6.23. The van der Waals surface area contributed by atoms with E-state index in [4.69, 9.17) is 0 Å². The molecule has 2 aromatic rings. The molecule has 0 radical (unpaired) electrons. The van der Waals surface area contributed by atoms with Gasteiger partial charge in [-0.3, -0.25) is 4.79 Å². The molecule has 0 spiro atoms. The van der Waals surface area contributed by atoms with Crippen LogP contribution in [0.25, 0.3) is 0 Å². The summed E-state index contributed by atoms with van der Waals surface area (Å²) >= 11 is 0. The molecule has 1 aromatic carbocycles.